The summed E-state index contributed by atoms with van der Waals surface area (Å²) < 4.78 is 6.04. The highest BCUT2D eigenvalue weighted by molar-refractivity contribution is 9.10. The van der Waals surface area contributed by atoms with E-state index in [1.54, 1.807) is 36.4 Å². The number of amides is 3. The lowest BCUT2D eigenvalue weighted by Gasteiger charge is -2.10. The number of carbonyl (C=O) groups excluding carboxylic acids is 2. The predicted octanol–water partition coefficient (Wildman–Crippen LogP) is 2.58. The van der Waals surface area contributed by atoms with Gasteiger partial charge in [-0.05, 0) is 35.9 Å². The van der Waals surface area contributed by atoms with Crippen LogP contribution in [0.5, 0.6) is 5.75 Å². The molecule has 0 aliphatic rings. The fraction of sp³-hybridized carbons (Fsp3) is 0.211. The third-order valence-corrected chi connectivity index (χ3v) is 3.93. The van der Waals surface area contributed by atoms with Crippen LogP contribution < -0.4 is 20.7 Å². The highest BCUT2D eigenvalue weighted by atomic mass is 79.9. The SMILES string of the molecule is N#CCOc1cccc(CNC(=O)NCCNC(=O)c2cccc(Br)c2)c1. The first kappa shape index (κ1) is 20.3. The van der Waals surface area contributed by atoms with Crippen LogP contribution in [0.15, 0.2) is 53.0 Å². The van der Waals surface area contributed by atoms with Crippen LogP contribution in [0.25, 0.3) is 0 Å². The zero-order valence-corrected chi connectivity index (χ0v) is 16.1. The van der Waals surface area contributed by atoms with E-state index in [1.165, 1.54) is 0 Å². The normalized spacial score (nSPS) is 9.78. The number of nitriles is 1. The fourth-order valence-electron chi connectivity index (χ4n) is 2.19. The first-order valence-corrected chi connectivity index (χ1v) is 9.02. The minimum atomic E-state index is -0.338. The van der Waals surface area contributed by atoms with Gasteiger partial charge >= 0.3 is 6.03 Å². The number of nitrogens with zero attached hydrogens (tertiary/aromatic N) is 1. The molecule has 2 rings (SSSR count). The average Bonchev–Trinajstić information content (AvgIpc) is 2.68. The second kappa shape index (κ2) is 10.8. The van der Waals surface area contributed by atoms with Gasteiger partial charge in [0.2, 0.25) is 0 Å². The molecule has 27 heavy (non-hydrogen) atoms. The Morgan fingerprint density at radius 1 is 1.04 bits per heavy atom. The monoisotopic (exact) mass is 430 g/mol. The second-order valence-corrected chi connectivity index (χ2v) is 6.39. The first-order chi connectivity index (χ1) is 13.1. The molecule has 0 aliphatic heterocycles. The van der Waals surface area contributed by atoms with Gasteiger partial charge in [0.05, 0.1) is 0 Å². The van der Waals surface area contributed by atoms with Crippen molar-refractivity contribution in [3.05, 3.63) is 64.1 Å². The lowest BCUT2D eigenvalue weighted by atomic mass is 10.2. The topological polar surface area (TPSA) is 103 Å². The molecule has 0 bridgehead atoms. The van der Waals surface area contributed by atoms with Crippen molar-refractivity contribution >= 4 is 27.9 Å². The van der Waals surface area contributed by atoms with E-state index < -0.39 is 0 Å². The van der Waals surface area contributed by atoms with Gasteiger partial charge in [0, 0.05) is 29.7 Å². The summed E-state index contributed by atoms with van der Waals surface area (Å²) in [4.78, 5) is 23.8. The lowest BCUT2D eigenvalue weighted by Crippen LogP contribution is -2.40. The van der Waals surface area contributed by atoms with E-state index in [1.807, 2.05) is 18.2 Å². The molecule has 0 radical (unpaired) electrons. The molecule has 0 fully saturated rings. The van der Waals surface area contributed by atoms with Crippen molar-refractivity contribution in [3.8, 4) is 11.8 Å². The molecule has 3 amide bonds. The quantitative estimate of drug-likeness (QED) is 0.559. The fourth-order valence-corrected chi connectivity index (χ4v) is 2.59. The Kier molecular flexibility index (Phi) is 8.13. The highest BCUT2D eigenvalue weighted by Gasteiger charge is 2.06. The van der Waals surface area contributed by atoms with Crippen molar-refractivity contribution in [2.75, 3.05) is 19.7 Å². The van der Waals surface area contributed by atoms with E-state index in [2.05, 4.69) is 31.9 Å². The summed E-state index contributed by atoms with van der Waals surface area (Å²) in [6.45, 7) is 0.913. The Hall–Kier alpha value is -3.05. The van der Waals surface area contributed by atoms with Crippen LogP contribution in [0.4, 0.5) is 4.79 Å². The Balaban J connectivity index is 1.66. The number of rotatable bonds is 8. The van der Waals surface area contributed by atoms with Gasteiger partial charge in [0.1, 0.15) is 11.8 Å². The molecule has 0 heterocycles. The summed E-state index contributed by atoms with van der Waals surface area (Å²) in [5.74, 6) is 0.374. The summed E-state index contributed by atoms with van der Waals surface area (Å²) in [6.07, 6.45) is 0. The molecular weight excluding hydrogens is 412 g/mol. The van der Waals surface area contributed by atoms with Crippen molar-refractivity contribution in [2.45, 2.75) is 6.54 Å². The van der Waals surface area contributed by atoms with Gasteiger partial charge in [-0.15, -0.1) is 0 Å². The number of carbonyl (C=O) groups is 2. The molecule has 0 unspecified atom stereocenters. The standard InChI is InChI=1S/C19H19BrN4O3/c20-16-5-2-4-15(12-16)18(25)22-8-9-23-19(26)24-13-14-3-1-6-17(11-14)27-10-7-21/h1-6,11-12H,8-10,13H2,(H,22,25)(H2,23,24,26). The second-order valence-electron chi connectivity index (χ2n) is 5.47. The van der Waals surface area contributed by atoms with Crippen LogP contribution >= 0.6 is 15.9 Å². The number of ether oxygens (including phenoxy) is 1. The van der Waals surface area contributed by atoms with E-state index in [4.69, 9.17) is 10.00 Å². The largest absolute Gasteiger partial charge is 0.479 e. The van der Waals surface area contributed by atoms with Gasteiger partial charge in [-0.3, -0.25) is 4.79 Å². The Bertz CT molecular complexity index is 836. The van der Waals surface area contributed by atoms with E-state index in [0.29, 0.717) is 30.9 Å². The first-order valence-electron chi connectivity index (χ1n) is 8.22. The molecule has 2 aromatic rings. The van der Waals surface area contributed by atoms with E-state index >= 15 is 0 Å². The maximum Gasteiger partial charge on any atom is 0.315 e. The molecule has 3 N–H and O–H groups in total. The summed E-state index contributed by atoms with van der Waals surface area (Å²) in [5, 5.41) is 16.6. The Labute approximate surface area is 165 Å². The van der Waals surface area contributed by atoms with Crippen molar-refractivity contribution in [3.63, 3.8) is 0 Å². The molecule has 0 saturated carbocycles. The number of nitrogens with one attached hydrogen (secondary N) is 3. The number of hydrogen-bond acceptors (Lipinski definition) is 4. The number of halogens is 1. The summed E-state index contributed by atoms with van der Waals surface area (Å²) in [7, 11) is 0. The molecule has 0 aromatic heterocycles. The van der Waals surface area contributed by atoms with Crippen LogP contribution in [0.1, 0.15) is 15.9 Å². The number of benzene rings is 2. The smallest absolute Gasteiger partial charge is 0.315 e. The van der Waals surface area contributed by atoms with Gasteiger partial charge in [0.15, 0.2) is 6.61 Å². The van der Waals surface area contributed by atoms with Gasteiger partial charge < -0.3 is 20.7 Å². The number of urea groups is 1. The third kappa shape index (κ3) is 7.38. The van der Waals surface area contributed by atoms with Gasteiger partial charge in [-0.2, -0.15) is 5.26 Å². The van der Waals surface area contributed by atoms with Gasteiger partial charge in [0.25, 0.3) is 5.91 Å². The average molecular weight is 431 g/mol. The van der Waals surface area contributed by atoms with Crippen LogP contribution in [0.3, 0.4) is 0 Å². The van der Waals surface area contributed by atoms with E-state index in [9.17, 15) is 9.59 Å². The molecule has 2 aromatic carbocycles. The predicted molar refractivity (Wildman–Crippen MR) is 104 cm³/mol. The van der Waals surface area contributed by atoms with E-state index in [-0.39, 0.29) is 18.5 Å². The molecule has 0 atom stereocenters. The van der Waals surface area contributed by atoms with Crippen molar-refractivity contribution in [2.24, 2.45) is 0 Å². The Morgan fingerprint density at radius 3 is 2.59 bits per heavy atom. The van der Waals surface area contributed by atoms with Crippen LogP contribution in [0, 0.1) is 11.3 Å². The van der Waals surface area contributed by atoms with Crippen LogP contribution in [-0.2, 0) is 6.54 Å². The van der Waals surface area contributed by atoms with Crippen molar-refractivity contribution in [1.82, 2.24) is 16.0 Å². The number of hydrogen-bond donors (Lipinski definition) is 3. The summed E-state index contributed by atoms with van der Waals surface area (Å²) >= 11 is 3.32. The molecule has 8 heteroatoms. The zero-order valence-electron chi connectivity index (χ0n) is 14.5. The van der Waals surface area contributed by atoms with Crippen LogP contribution in [0.2, 0.25) is 0 Å². The highest BCUT2D eigenvalue weighted by Crippen LogP contribution is 2.13. The summed E-state index contributed by atoms with van der Waals surface area (Å²) in [6, 6.07) is 15.8. The minimum absolute atomic E-state index is 0.0248. The van der Waals surface area contributed by atoms with Crippen LogP contribution in [-0.4, -0.2) is 31.6 Å². The lowest BCUT2D eigenvalue weighted by molar-refractivity contribution is 0.0953. The van der Waals surface area contributed by atoms with Crippen molar-refractivity contribution in [1.29, 1.82) is 5.26 Å². The maximum absolute atomic E-state index is 12.0. The molecular formula is C19H19BrN4O3. The molecule has 140 valence electrons. The minimum Gasteiger partial charge on any atom is -0.479 e. The Morgan fingerprint density at radius 2 is 1.81 bits per heavy atom. The van der Waals surface area contributed by atoms with Gasteiger partial charge in [-0.25, -0.2) is 4.79 Å². The van der Waals surface area contributed by atoms with E-state index in [0.717, 1.165) is 10.0 Å². The third-order valence-electron chi connectivity index (χ3n) is 3.44. The molecule has 0 aliphatic carbocycles. The summed E-state index contributed by atoms with van der Waals surface area (Å²) in [5.41, 5.74) is 1.40. The maximum atomic E-state index is 12.0. The molecule has 0 saturated heterocycles. The molecule has 0 spiro atoms. The van der Waals surface area contributed by atoms with Crippen molar-refractivity contribution < 1.29 is 14.3 Å². The van der Waals surface area contributed by atoms with Gasteiger partial charge in [-0.1, -0.05) is 34.1 Å². The zero-order chi connectivity index (χ0) is 19.5. The molecule has 7 nitrogen and oxygen atoms in total.